The van der Waals surface area contributed by atoms with E-state index in [2.05, 4.69) is 38.6 Å². The minimum absolute atomic E-state index is 0.0243. The standard InChI is InChI=1S/C19H30N2/c1-12-13(2)15(4)18(14(12)3)10-16-6-8-17(11-20)19(21-5)9-7-16/h12-19H,6-10H2,1-4H3. The molecule has 2 nitrogen and oxygen atoms in total. The van der Waals surface area contributed by atoms with E-state index in [0.717, 1.165) is 61.2 Å². The van der Waals surface area contributed by atoms with Gasteiger partial charge in [-0.3, -0.25) is 0 Å². The van der Waals surface area contributed by atoms with Crippen molar-refractivity contribution in [2.24, 2.45) is 41.4 Å². The SMILES string of the molecule is [C-]#[N+]C1CCC(CC2C(C)C(C)C(C)C2C)CCC1C#N. The molecule has 7 unspecified atom stereocenters. The van der Waals surface area contributed by atoms with Crippen LogP contribution in [0.15, 0.2) is 0 Å². The summed E-state index contributed by atoms with van der Waals surface area (Å²) >= 11 is 0. The van der Waals surface area contributed by atoms with Gasteiger partial charge in [0.15, 0.2) is 0 Å². The van der Waals surface area contributed by atoms with Gasteiger partial charge in [0.2, 0.25) is 6.04 Å². The molecule has 21 heavy (non-hydrogen) atoms. The molecule has 2 rings (SSSR count). The molecule has 2 saturated carbocycles. The third-order valence-electron chi connectivity index (χ3n) is 7.00. The molecule has 0 aromatic heterocycles. The summed E-state index contributed by atoms with van der Waals surface area (Å²) in [5.74, 6) is 4.86. The zero-order valence-electron chi connectivity index (χ0n) is 14.0. The summed E-state index contributed by atoms with van der Waals surface area (Å²) in [4.78, 5) is 3.71. The smallest absolute Gasteiger partial charge is 0.239 e. The average Bonchev–Trinajstić information content (AvgIpc) is 2.68. The van der Waals surface area contributed by atoms with Crippen molar-refractivity contribution in [3.8, 4) is 6.07 Å². The van der Waals surface area contributed by atoms with Gasteiger partial charge in [-0.15, -0.1) is 0 Å². The Hall–Kier alpha value is -1.02. The van der Waals surface area contributed by atoms with E-state index >= 15 is 0 Å². The molecule has 0 amide bonds. The molecular weight excluding hydrogens is 256 g/mol. The summed E-state index contributed by atoms with van der Waals surface area (Å²) in [6.07, 6.45) is 5.51. The van der Waals surface area contributed by atoms with Gasteiger partial charge in [-0.1, -0.05) is 27.7 Å². The highest BCUT2D eigenvalue weighted by molar-refractivity contribution is 5.00. The number of nitrogens with zero attached hydrogens (tertiary/aromatic N) is 2. The molecule has 2 heteroatoms. The Bertz CT molecular complexity index is 392. The molecule has 0 aromatic rings. The van der Waals surface area contributed by atoms with Gasteiger partial charge in [0, 0.05) is 6.42 Å². The first kappa shape index (κ1) is 16.4. The second-order valence-corrected chi connectivity index (χ2v) is 7.79. The third kappa shape index (κ3) is 3.26. The van der Waals surface area contributed by atoms with Gasteiger partial charge >= 0.3 is 0 Å². The van der Waals surface area contributed by atoms with Crippen LogP contribution in [0.1, 0.15) is 59.8 Å². The van der Waals surface area contributed by atoms with Gasteiger partial charge in [0.05, 0.1) is 6.07 Å². The highest BCUT2D eigenvalue weighted by atomic mass is 14.7. The molecule has 0 bridgehead atoms. The van der Waals surface area contributed by atoms with Crippen molar-refractivity contribution >= 4 is 0 Å². The van der Waals surface area contributed by atoms with Crippen molar-refractivity contribution in [1.82, 2.24) is 0 Å². The molecule has 0 spiro atoms. The van der Waals surface area contributed by atoms with Crippen LogP contribution in [0.25, 0.3) is 4.85 Å². The summed E-state index contributed by atoms with van der Waals surface area (Å²) in [7, 11) is 0. The van der Waals surface area contributed by atoms with E-state index in [-0.39, 0.29) is 12.0 Å². The van der Waals surface area contributed by atoms with E-state index in [1.54, 1.807) is 0 Å². The van der Waals surface area contributed by atoms with Crippen molar-refractivity contribution in [2.75, 3.05) is 0 Å². The highest BCUT2D eigenvalue weighted by Crippen LogP contribution is 2.49. The fourth-order valence-corrected chi connectivity index (χ4v) is 4.93. The van der Waals surface area contributed by atoms with Crippen LogP contribution in [0.5, 0.6) is 0 Å². The van der Waals surface area contributed by atoms with Crippen molar-refractivity contribution in [1.29, 1.82) is 5.26 Å². The zero-order valence-corrected chi connectivity index (χ0v) is 14.0. The molecular formula is C19H30N2. The second-order valence-electron chi connectivity index (χ2n) is 7.79. The van der Waals surface area contributed by atoms with E-state index < -0.39 is 0 Å². The number of nitriles is 1. The maximum atomic E-state index is 9.25. The average molecular weight is 286 g/mol. The maximum absolute atomic E-state index is 9.25. The molecule has 0 heterocycles. The van der Waals surface area contributed by atoms with Crippen molar-refractivity contribution < 1.29 is 0 Å². The Balaban J connectivity index is 1.98. The van der Waals surface area contributed by atoms with Crippen LogP contribution >= 0.6 is 0 Å². The van der Waals surface area contributed by atoms with Crippen LogP contribution in [-0.4, -0.2) is 6.04 Å². The Labute approximate surface area is 130 Å². The summed E-state index contributed by atoms with van der Waals surface area (Å²) in [6.45, 7) is 17.0. The van der Waals surface area contributed by atoms with Crippen LogP contribution < -0.4 is 0 Å². The quantitative estimate of drug-likeness (QED) is 0.508. The highest BCUT2D eigenvalue weighted by Gasteiger charge is 2.42. The fraction of sp³-hybridized carbons (Fsp3) is 0.895. The van der Waals surface area contributed by atoms with E-state index in [1.165, 1.54) is 6.42 Å². The Kier molecular flexibility index (Phi) is 5.32. The normalized spacial score (nSPS) is 47.3. The predicted molar refractivity (Wildman–Crippen MR) is 86.2 cm³/mol. The van der Waals surface area contributed by atoms with Crippen LogP contribution in [0.3, 0.4) is 0 Å². The zero-order chi connectivity index (χ0) is 15.6. The number of rotatable bonds is 2. The minimum atomic E-state index is -0.0451. The molecule has 2 aliphatic carbocycles. The fourth-order valence-electron chi connectivity index (χ4n) is 4.93. The Morgan fingerprint density at radius 1 is 0.952 bits per heavy atom. The predicted octanol–water partition coefficient (Wildman–Crippen LogP) is 5.17. The van der Waals surface area contributed by atoms with Crippen molar-refractivity contribution in [3.63, 3.8) is 0 Å². The molecule has 0 N–H and O–H groups in total. The largest absolute Gasteiger partial charge is 0.312 e. The molecule has 116 valence electrons. The van der Waals surface area contributed by atoms with Crippen LogP contribution in [0, 0.1) is 59.3 Å². The first-order chi connectivity index (χ1) is 9.99. The molecule has 0 saturated heterocycles. The van der Waals surface area contributed by atoms with E-state index in [0.29, 0.717) is 0 Å². The Morgan fingerprint density at radius 2 is 1.52 bits per heavy atom. The van der Waals surface area contributed by atoms with Crippen LogP contribution in [0.4, 0.5) is 0 Å². The van der Waals surface area contributed by atoms with Gasteiger partial charge in [-0.05, 0) is 61.2 Å². The van der Waals surface area contributed by atoms with Gasteiger partial charge in [0.25, 0.3) is 0 Å². The second kappa shape index (κ2) is 6.83. The van der Waals surface area contributed by atoms with E-state index in [4.69, 9.17) is 6.57 Å². The lowest BCUT2D eigenvalue weighted by atomic mass is 9.79. The van der Waals surface area contributed by atoms with Gasteiger partial charge in [-0.25, -0.2) is 6.57 Å². The molecule has 2 aliphatic rings. The molecule has 0 aliphatic heterocycles. The Morgan fingerprint density at radius 3 is 2.05 bits per heavy atom. The monoisotopic (exact) mass is 286 g/mol. The lowest BCUT2D eigenvalue weighted by Crippen LogP contribution is -2.17. The van der Waals surface area contributed by atoms with E-state index in [9.17, 15) is 5.26 Å². The topological polar surface area (TPSA) is 28.1 Å². The first-order valence-electron chi connectivity index (χ1n) is 8.75. The summed E-state index contributed by atoms with van der Waals surface area (Å²) in [6, 6.07) is 2.33. The minimum Gasteiger partial charge on any atom is -0.312 e. The lowest BCUT2D eigenvalue weighted by molar-refractivity contribution is 0.238. The van der Waals surface area contributed by atoms with Crippen LogP contribution in [0.2, 0.25) is 0 Å². The van der Waals surface area contributed by atoms with Crippen molar-refractivity contribution in [2.45, 2.75) is 65.8 Å². The van der Waals surface area contributed by atoms with Crippen LogP contribution in [-0.2, 0) is 0 Å². The van der Waals surface area contributed by atoms with Gasteiger partial charge < -0.3 is 4.85 Å². The molecule has 7 atom stereocenters. The van der Waals surface area contributed by atoms with E-state index in [1.807, 2.05) is 0 Å². The van der Waals surface area contributed by atoms with Gasteiger partial charge in [0.1, 0.15) is 5.92 Å². The molecule has 0 radical (unpaired) electrons. The number of hydrogen-bond donors (Lipinski definition) is 0. The summed E-state index contributed by atoms with van der Waals surface area (Å²) in [5.41, 5.74) is 0. The summed E-state index contributed by atoms with van der Waals surface area (Å²) < 4.78 is 0. The molecule has 0 aromatic carbocycles. The molecule has 2 fully saturated rings. The maximum Gasteiger partial charge on any atom is 0.239 e. The number of hydrogen-bond acceptors (Lipinski definition) is 1. The third-order valence-corrected chi connectivity index (χ3v) is 7.00. The van der Waals surface area contributed by atoms with Gasteiger partial charge in [-0.2, -0.15) is 5.26 Å². The van der Waals surface area contributed by atoms with Crippen molar-refractivity contribution in [3.05, 3.63) is 11.4 Å². The lowest BCUT2D eigenvalue weighted by Gasteiger charge is -2.26. The first-order valence-corrected chi connectivity index (χ1v) is 8.75. The summed E-state index contributed by atoms with van der Waals surface area (Å²) in [5, 5.41) is 9.25.